The van der Waals surface area contributed by atoms with E-state index >= 15 is 4.39 Å². The molecule has 1 atom stereocenters. The molecule has 2 aromatic carbocycles. The Hall–Kier alpha value is -3.46. The Morgan fingerprint density at radius 1 is 1.05 bits per heavy atom. The minimum absolute atomic E-state index is 0.0898. The summed E-state index contributed by atoms with van der Waals surface area (Å²) in [6.45, 7) is 12.2. The summed E-state index contributed by atoms with van der Waals surface area (Å²) in [4.78, 5) is 29.9. The number of hydrogen-bond acceptors (Lipinski definition) is 10. The number of thiazole rings is 1. The Kier molecular flexibility index (Phi) is 10.9. The van der Waals surface area contributed by atoms with Gasteiger partial charge in [0.25, 0.3) is 10.0 Å². The summed E-state index contributed by atoms with van der Waals surface area (Å²) in [5, 5.41) is 7.50. The Bertz CT molecular complexity index is 1590. The maximum Gasteiger partial charge on any atom is 0.430 e. The molecule has 0 spiro atoms. The van der Waals surface area contributed by atoms with Gasteiger partial charge in [-0.25, -0.2) is 27.4 Å². The third-order valence-corrected chi connectivity index (χ3v) is 8.44. The van der Waals surface area contributed by atoms with Crippen LogP contribution in [-0.4, -0.2) is 54.9 Å². The minimum Gasteiger partial charge on any atom is -0.444 e. The molecule has 3 rings (SSSR count). The molecule has 0 saturated heterocycles. The van der Waals surface area contributed by atoms with E-state index in [0.29, 0.717) is 16.5 Å². The Morgan fingerprint density at radius 3 is 2.25 bits per heavy atom. The largest absolute Gasteiger partial charge is 0.444 e. The number of nitrogens with one attached hydrogen (secondary N) is 2. The van der Waals surface area contributed by atoms with E-state index in [9.17, 15) is 18.0 Å². The molecule has 3 aromatic rings. The molecule has 0 bridgehead atoms. The highest BCUT2D eigenvalue weighted by Gasteiger charge is 2.38. The van der Waals surface area contributed by atoms with Gasteiger partial charge in [0, 0.05) is 30.7 Å². The molecular formula is C29H37ClFN5O6S2. The molecule has 0 radical (unpaired) electrons. The van der Waals surface area contributed by atoms with Crippen molar-refractivity contribution in [3.8, 4) is 0 Å². The third-order valence-electron chi connectivity index (χ3n) is 5.86. The van der Waals surface area contributed by atoms with Gasteiger partial charge in [0.05, 0.1) is 22.4 Å². The average molecular weight is 670 g/mol. The van der Waals surface area contributed by atoms with Gasteiger partial charge in [0.15, 0.2) is 5.82 Å². The summed E-state index contributed by atoms with van der Waals surface area (Å²) in [5.74, 6) is -1.39. The maximum absolute atomic E-state index is 15.5. The molecule has 0 aliphatic rings. The molecule has 44 heavy (non-hydrogen) atoms. The predicted octanol–water partition coefficient (Wildman–Crippen LogP) is 7.11. The minimum atomic E-state index is -4.83. The molecular weight excluding hydrogens is 633 g/mol. The fourth-order valence-electron chi connectivity index (χ4n) is 3.67. The van der Waals surface area contributed by atoms with Gasteiger partial charge >= 0.3 is 12.2 Å². The van der Waals surface area contributed by atoms with E-state index in [1.54, 1.807) is 67.6 Å². The fraction of sp³-hybridized carbons (Fsp3) is 0.414. The van der Waals surface area contributed by atoms with E-state index in [1.807, 2.05) is 12.1 Å². The molecule has 1 heterocycles. The number of ether oxygens (including phenoxy) is 2. The summed E-state index contributed by atoms with van der Waals surface area (Å²) in [7, 11) is -3.21. The standard InChI is InChI=1S/C29H37ClFN5O6S2/c1-18(35(8)26(37)41-28(2,3)4)32-15-19-11-9-10-12-22(19)34-23-14-21(31)24(13-20(23)30)44(39,40)36(25-16-43-17-33-25)27(38)42-29(5,6)7/h9-14,16-18,32,34H,15H2,1-8H3. The van der Waals surface area contributed by atoms with Crippen molar-refractivity contribution in [1.29, 1.82) is 0 Å². The first-order valence-corrected chi connectivity index (χ1v) is 16.3. The zero-order valence-electron chi connectivity index (χ0n) is 25.8. The number of nitrogens with zero attached hydrogens (tertiary/aromatic N) is 3. The van der Waals surface area contributed by atoms with Gasteiger partial charge in [-0.15, -0.1) is 15.6 Å². The number of amides is 2. The zero-order chi connectivity index (χ0) is 33.0. The number of aromatic nitrogens is 1. The lowest BCUT2D eigenvalue weighted by Crippen LogP contribution is -2.46. The van der Waals surface area contributed by atoms with Crippen LogP contribution in [0.5, 0.6) is 0 Å². The highest BCUT2D eigenvalue weighted by molar-refractivity contribution is 7.93. The lowest BCUT2D eigenvalue weighted by atomic mass is 10.1. The van der Waals surface area contributed by atoms with Crippen molar-refractivity contribution in [3.05, 3.63) is 63.7 Å². The van der Waals surface area contributed by atoms with Gasteiger partial charge in [-0.2, -0.15) is 0 Å². The van der Waals surface area contributed by atoms with E-state index < -0.39 is 50.3 Å². The van der Waals surface area contributed by atoms with E-state index in [2.05, 4.69) is 15.6 Å². The van der Waals surface area contributed by atoms with Crippen molar-refractivity contribution in [2.75, 3.05) is 16.7 Å². The van der Waals surface area contributed by atoms with Crippen LogP contribution in [0.2, 0.25) is 5.02 Å². The number of benzene rings is 2. The number of anilines is 3. The molecule has 1 unspecified atom stereocenters. The highest BCUT2D eigenvalue weighted by atomic mass is 35.5. The highest BCUT2D eigenvalue weighted by Crippen LogP contribution is 2.34. The lowest BCUT2D eigenvalue weighted by molar-refractivity contribution is 0.0206. The number of carbonyl (C=O) groups excluding carboxylic acids is 2. The van der Waals surface area contributed by atoms with Gasteiger partial charge in [-0.3, -0.25) is 10.2 Å². The van der Waals surface area contributed by atoms with Gasteiger partial charge in [0.2, 0.25) is 0 Å². The Balaban J connectivity index is 1.86. The number of sulfonamides is 1. The van der Waals surface area contributed by atoms with Crippen LogP contribution in [0.25, 0.3) is 0 Å². The normalized spacial score (nSPS) is 12.8. The van der Waals surface area contributed by atoms with Gasteiger partial charge in [0.1, 0.15) is 21.9 Å². The zero-order valence-corrected chi connectivity index (χ0v) is 28.2. The summed E-state index contributed by atoms with van der Waals surface area (Å²) in [6.07, 6.45) is -2.12. The van der Waals surface area contributed by atoms with Crippen molar-refractivity contribution in [2.45, 2.75) is 77.3 Å². The predicted molar refractivity (Wildman–Crippen MR) is 169 cm³/mol. The first-order valence-electron chi connectivity index (χ1n) is 13.5. The number of halogens is 2. The fourth-order valence-corrected chi connectivity index (χ4v) is 5.88. The molecule has 0 fully saturated rings. The summed E-state index contributed by atoms with van der Waals surface area (Å²) >= 11 is 7.52. The van der Waals surface area contributed by atoms with Crippen LogP contribution >= 0.6 is 22.9 Å². The first-order chi connectivity index (χ1) is 20.3. The van der Waals surface area contributed by atoms with Crippen LogP contribution in [0.3, 0.4) is 0 Å². The van der Waals surface area contributed by atoms with Crippen LogP contribution in [0.4, 0.5) is 31.2 Å². The van der Waals surface area contributed by atoms with Crippen molar-refractivity contribution in [1.82, 2.24) is 15.2 Å². The molecule has 15 heteroatoms. The van der Waals surface area contributed by atoms with Crippen LogP contribution in [0.15, 0.2) is 52.2 Å². The molecule has 0 saturated carbocycles. The first kappa shape index (κ1) is 35.0. The molecule has 0 aliphatic heterocycles. The second-order valence-corrected chi connectivity index (χ2v) is 14.7. The van der Waals surface area contributed by atoms with Crippen molar-refractivity contribution in [2.24, 2.45) is 0 Å². The van der Waals surface area contributed by atoms with Crippen molar-refractivity contribution < 1.29 is 31.9 Å². The van der Waals surface area contributed by atoms with E-state index in [4.69, 9.17) is 21.1 Å². The van der Waals surface area contributed by atoms with E-state index in [-0.39, 0.29) is 16.5 Å². The number of hydrogen-bond donors (Lipinski definition) is 2. The Labute approximate surface area is 266 Å². The second-order valence-electron chi connectivity index (χ2n) is 11.8. The number of para-hydroxylation sites is 1. The van der Waals surface area contributed by atoms with Crippen molar-refractivity contribution >= 4 is 62.3 Å². The molecule has 1 aromatic heterocycles. The summed E-state index contributed by atoms with van der Waals surface area (Å²) in [6, 6.07) is 9.00. The van der Waals surface area contributed by atoms with E-state index in [0.717, 1.165) is 29.0 Å². The Morgan fingerprint density at radius 2 is 1.66 bits per heavy atom. The van der Waals surface area contributed by atoms with Gasteiger partial charge in [-0.1, -0.05) is 29.8 Å². The molecule has 2 amide bonds. The molecule has 240 valence electrons. The van der Waals surface area contributed by atoms with Crippen LogP contribution < -0.4 is 14.9 Å². The summed E-state index contributed by atoms with van der Waals surface area (Å²) < 4.78 is 53.8. The number of rotatable bonds is 9. The monoisotopic (exact) mass is 669 g/mol. The quantitative estimate of drug-likeness (QED) is 0.229. The van der Waals surface area contributed by atoms with E-state index in [1.165, 1.54) is 15.8 Å². The molecule has 2 N–H and O–H groups in total. The second kappa shape index (κ2) is 13.7. The van der Waals surface area contributed by atoms with Gasteiger partial charge in [-0.05, 0) is 66.2 Å². The lowest BCUT2D eigenvalue weighted by Gasteiger charge is -2.29. The molecule has 0 aliphatic carbocycles. The SMILES string of the molecule is CC(NCc1ccccc1Nc1cc(F)c(S(=O)(=O)N(C(=O)OC(C)(C)C)c2cscn2)cc1Cl)N(C)C(=O)OC(C)(C)C. The molecule has 11 nitrogen and oxygen atoms in total. The van der Waals surface area contributed by atoms with Crippen LogP contribution in [0, 0.1) is 5.82 Å². The average Bonchev–Trinajstić information content (AvgIpc) is 3.41. The smallest absolute Gasteiger partial charge is 0.430 e. The third kappa shape index (κ3) is 9.03. The summed E-state index contributed by atoms with van der Waals surface area (Å²) in [5.41, 5.74) is 1.07. The topological polar surface area (TPSA) is 130 Å². The van der Waals surface area contributed by atoms with Crippen LogP contribution in [-0.2, 0) is 26.0 Å². The number of carbonyl (C=O) groups is 2. The van der Waals surface area contributed by atoms with Crippen molar-refractivity contribution in [3.63, 3.8) is 0 Å². The maximum atomic E-state index is 15.5. The van der Waals surface area contributed by atoms with Gasteiger partial charge < -0.3 is 14.8 Å². The van der Waals surface area contributed by atoms with Crippen LogP contribution in [0.1, 0.15) is 54.0 Å².